The fourth-order valence-corrected chi connectivity index (χ4v) is 2.14. The van der Waals surface area contributed by atoms with Crippen molar-refractivity contribution in [1.29, 1.82) is 0 Å². The third kappa shape index (κ3) is 6.80. The van der Waals surface area contributed by atoms with E-state index in [-0.39, 0.29) is 0 Å². The maximum Gasteiger partial charge on any atom is 0.142 e. The Morgan fingerprint density at radius 3 is 2.55 bits per heavy atom. The lowest BCUT2D eigenvalue weighted by atomic mass is 10.1. The van der Waals surface area contributed by atoms with Crippen molar-refractivity contribution in [2.45, 2.75) is 52.4 Å². The van der Waals surface area contributed by atoms with Gasteiger partial charge in [-0.3, -0.25) is 0 Å². The van der Waals surface area contributed by atoms with Gasteiger partial charge in [-0.05, 0) is 56.5 Å². The Labute approximate surface area is 123 Å². The van der Waals surface area contributed by atoms with Crippen molar-refractivity contribution in [1.82, 2.24) is 5.32 Å². The first kappa shape index (κ1) is 16.8. The standard InChI is InChI=1S/C17H30N2O/c1-3-5-6-11-19-12-7-8-15-9-10-17(16(18)14-15)20-13-4-2/h9-10,14,19H,3-8,11-13,18H2,1-2H3. The first-order valence-electron chi connectivity index (χ1n) is 7.99. The maximum atomic E-state index is 6.01. The number of ether oxygens (including phenoxy) is 1. The summed E-state index contributed by atoms with van der Waals surface area (Å²) in [6.45, 7) is 7.28. The third-order valence-electron chi connectivity index (χ3n) is 3.31. The largest absolute Gasteiger partial charge is 0.491 e. The topological polar surface area (TPSA) is 47.3 Å². The average molecular weight is 278 g/mol. The molecule has 0 aliphatic carbocycles. The highest BCUT2D eigenvalue weighted by Crippen LogP contribution is 2.23. The summed E-state index contributed by atoms with van der Waals surface area (Å²) in [5.41, 5.74) is 8.06. The second-order valence-electron chi connectivity index (χ2n) is 5.28. The molecule has 0 bridgehead atoms. The molecule has 0 heterocycles. The van der Waals surface area contributed by atoms with E-state index in [1.54, 1.807) is 0 Å². The summed E-state index contributed by atoms with van der Waals surface area (Å²) in [6.07, 6.45) is 7.12. The van der Waals surface area contributed by atoms with Crippen LogP contribution in [0, 0.1) is 0 Å². The van der Waals surface area contributed by atoms with E-state index < -0.39 is 0 Å². The molecule has 0 unspecified atom stereocenters. The van der Waals surface area contributed by atoms with Crippen LogP contribution < -0.4 is 15.8 Å². The molecule has 0 aliphatic rings. The quantitative estimate of drug-likeness (QED) is 0.478. The van der Waals surface area contributed by atoms with Crippen molar-refractivity contribution >= 4 is 5.69 Å². The van der Waals surface area contributed by atoms with Crippen LogP contribution in [0.3, 0.4) is 0 Å². The molecule has 0 aliphatic heterocycles. The minimum absolute atomic E-state index is 0.727. The van der Waals surface area contributed by atoms with Crippen molar-refractivity contribution in [3.8, 4) is 5.75 Å². The van der Waals surface area contributed by atoms with Gasteiger partial charge in [-0.1, -0.05) is 32.8 Å². The maximum absolute atomic E-state index is 6.01. The minimum atomic E-state index is 0.727. The number of unbranched alkanes of at least 4 members (excludes halogenated alkanes) is 2. The third-order valence-corrected chi connectivity index (χ3v) is 3.31. The molecule has 0 atom stereocenters. The van der Waals surface area contributed by atoms with Gasteiger partial charge in [0.2, 0.25) is 0 Å². The van der Waals surface area contributed by atoms with E-state index in [0.717, 1.165) is 50.4 Å². The van der Waals surface area contributed by atoms with Gasteiger partial charge in [0.15, 0.2) is 0 Å². The number of hydrogen-bond donors (Lipinski definition) is 2. The summed E-state index contributed by atoms with van der Waals surface area (Å²) in [5, 5.41) is 3.49. The number of nitrogens with two attached hydrogens (primary N) is 1. The van der Waals surface area contributed by atoms with Crippen LogP contribution in [0.25, 0.3) is 0 Å². The SMILES string of the molecule is CCCCCNCCCc1ccc(OCCC)c(N)c1. The predicted molar refractivity (Wildman–Crippen MR) is 87.4 cm³/mol. The molecule has 3 nitrogen and oxygen atoms in total. The Balaban J connectivity index is 2.22. The van der Waals surface area contributed by atoms with Crippen LogP contribution in [0.4, 0.5) is 5.69 Å². The fourth-order valence-electron chi connectivity index (χ4n) is 2.14. The Kier molecular flexibility index (Phi) is 8.88. The van der Waals surface area contributed by atoms with Gasteiger partial charge in [-0.2, -0.15) is 0 Å². The van der Waals surface area contributed by atoms with Gasteiger partial charge in [0.25, 0.3) is 0 Å². The van der Waals surface area contributed by atoms with E-state index in [4.69, 9.17) is 10.5 Å². The van der Waals surface area contributed by atoms with Gasteiger partial charge in [0.1, 0.15) is 5.75 Å². The van der Waals surface area contributed by atoms with E-state index in [1.165, 1.54) is 24.8 Å². The molecule has 0 amide bonds. The Bertz CT molecular complexity index is 366. The molecule has 3 N–H and O–H groups in total. The summed E-state index contributed by atoms with van der Waals surface area (Å²) in [6, 6.07) is 6.16. The van der Waals surface area contributed by atoms with Crippen LogP contribution in [0.5, 0.6) is 5.75 Å². The molecule has 3 heteroatoms. The van der Waals surface area contributed by atoms with Crippen molar-refractivity contribution in [3.63, 3.8) is 0 Å². The second kappa shape index (κ2) is 10.6. The lowest BCUT2D eigenvalue weighted by molar-refractivity contribution is 0.319. The predicted octanol–water partition coefficient (Wildman–Crippen LogP) is 3.77. The Morgan fingerprint density at radius 1 is 1.05 bits per heavy atom. The number of nitrogens with one attached hydrogen (secondary N) is 1. The number of hydrogen-bond acceptors (Lipinski definition) is 3. The van der Waals surface area contributed by atoms with E-state index in [0.29, 0.717) is 0 Å². The number of benzene rings is 1. The zero-order chi connectivity index (χ0) is 14.6. The van der Waals surface area contributed by atoms with Gasteiger partial charge >= 0.3 is 0 Å². The normalized spacial score (nSPS) is 10.7. The Morgan fingerprint density at radius 2 is 1.85 bits per heavy atom. The molecule has 0 saturated carbocycles. The van der Waals surface area contributed by atoms with Crippen LogP contribution in [0.2, 0.25) is 0 Å². The molecular formula is C17H30N2O. The van der Waals surface area contributed by atoms with Gasteiger partial charge in [0, 0.05) is 0 Å². The summed E-state index contributed by atoms with van der Waals surface area (Å²) >= 11 is 0. The minimum Gasteiger partial charge on any atom is -0.491 e. The molecule has 1 aromatic rings. The molecular weight excluding hydrogens is 248 g/mol. The molecule has 0 radical (unpaired) electrons. The summed E-state index contributed by atoms with van der Waals surface area (Å²) in [5.74, 6) is 0.813. The molecule has 0 spiro atoms. The number of rotatable bonds is 11. The highest BCUT2D eigenvalue weighted by Gasteiger charge is 2.01. The molecule has 0 aromatic heterocycles. The van der Waals surface area contributed by atoms with Crippen molar-refractivity contribution in [3.05, 3.63) is 23.8 Å². The molecule has 0 fully saturated rings. The van der Waals surface area contributed by atoms with E-state index in [2.05, 4.69) is 25.2 Å². The van der Waals surface area contributed by atoms with Gasteiger partial charge < -0.3 is 15.8 Å². The summed E-state index contributed by atoms with van der Waals surface area (Å²) < 4.78 is 5.58. The van der Waals surface area contributed by atoms with Crippen LogP contribution >= 0.6 is 0 Å². The van der Waals surface area contributed by atoms with Crippen LogP contribution in [-0.4, -0.2) is 19.7 Å². The Hall–Kier alpha value is -1.22. The smallest absolute Gasteiger partial charge is 0.142 e. The van der Waals surface area contributed by atoms with Gasteiger partial charge in [-0.25, -0.2) is 0 Å². The average Bonchev–Trinajstić information content (AvgIpc) is 2.45. The zero-order valence-corrected chi connectivity index (χ0v) is 13.1. The fraction of sp³-hybridized carbons (Fsp3) is 0.647. The lowest BCUT2D eigenvalue weighted by Crippen LogP contribution is -2.17. The van der Waals surface area contributed by atoms with Gasteiger partial charge in [-0.15, -0.1) is 0 Å². The first-order valence-corrected chi connectivity index (χ1v) is 7.99. The summed E-state index contributed by atoms with van der Waals surface area (Å²) in [7, 11) is 0. The van der Waals surface area contributed by atoms with E-state index >= 15 is 0 Å². The number of nitrogen functional groups attached to an aromatic ring is 1. The van der Waals surface area contributed by atoms with Crippen molar-refractivity contribution in [2.75, 3.05) is 25.4 Å². The van der Waals surface area contributed by atoms with Crippen molar-refractivity contribution < 1.29 is 4.74 Å². The molecule has 114 valence electrons. The zero-order valence-electron chi connectivity index (χ0n) is 13.1. The molecule has 0 saturated heterocycles. The highest BCUT2D eigenvalue weighted by atomic mass is 16.5. The summed E-state index contributed by atoms with van der Waals surface area (Å²) in [4.78, 5) is 0. The van der Waals surface area contributed by atoms with Crippen LogP contribution in [0.15, 0.2) is 18.2 Å². The van der Waals surface area contributed by atoms with E-state index in [9.17, 15) is 0 Å². The molecule has 1 aromatic carbocycles. The van der Waals surface area contributed by atoms with Crippen LogP contribution in [-0.2, 0) is 6.42 Å². The monoisotopic (exact) mass is 278 g/mol. The number of anilines is 1. The van der Waals surface area contributed by atoms with E-state index in [1.807, 2.05) is 12.1 Å². The van der Waals surface area contributed by atoms with Gasteiger partial charge in [0.05, 0.1) is 12.3 Å². The second-order valence-corrected chi connectivity index (χ2v) is 5.28. The first-order chi connectivity index (χ1) is 9.77. The van der Waals surface area contributed by atoms with Crippen molar-refractivity contribution in [2.24, 2.45) is 0 Å². The lowest BCUT2D eigenvalue weighted by Gasteiger charge is -2.10. The highest BCUT2D eigenvalue weighted by molar-refractivity contribution is 5.54. The molecule has 20 heavy (non-hydrogen) atoms. The van der Waals surface area contributed by atoms with Crippen LogP contribution in [0.1, 0.15) is 51.5 Å². The molecule has 1 rings (SSSR count). The number of aryl methyl sites for hydroxylation is 1.